The molecule has 1 aromatic carbocycles. The van der Waals surface area contributed by atoms with Crippen molar-refractivity contribution in [2.45, 2.75) is 32.4 Å². The van der Waals surface area contributed by atoms with Crippen molar-refractivity contribution in [1.29, 1.82) is 0 Å². The molecule has 0 fully saturated rings. The fourth-order valence-corrected chi connectivity index (χ4v) is 1.85. The number of amides is 1. The van der Waals surface area contributed by atoms with Crippen LogP contribution in [0.5, 0.6) is 0 Å². The van der Waals surface area contributed by atoms with Gasteiger partial charge in [-0.1, -0.05) is 25.5 Å². The highest BCUT2D eigenvalue weighted by Crippen LogP contribution is 2.18. The van der Waals surface area contributed by atoms with Crippen molar-refractivity contribution >= 4 is 11.6 Å². The maximum Gasteiger partial charge on any atom is 0.406 e. The zero-order chi connectivity index (χ0) is 15.2. The van der Waals surface area contributed by atoms with E-state index in [0.29, 0.717) is 17.7 Å². The van der Waals surface area contributed by atoms with Gasteiger partial charge in [-0.15, -0.1) is 0 Å². The maximum absolute atomic E-state index is 12.5. The fraction of sp³-hybridized carbons (Fsp3) is 0.500. The summed E-state index contributed by atoms with van der Waals surface area (Å²) in [7, 11) is 0. The summed E-state index contributed by atoms with van der Waals surface area (Å²) in [6, 6.07) is 6.62. The van der Waals surface area contributed by atoms with Gasteiger partial charge in [-0.3, -0.25) is 4.79 Å². The normalized spacial score (nSPS) is 11.4. The number of nitrogen functional groups attached to an aromatic ring is 1. The second-order valence-corrected chi connectivity index (χ2v) is 4.71. The van der Waals surface area contributed by atoms with E-state index in [4.69, 9.17) is 5.73 Å². The third kappa shape index (κ3) is 5.95. The lowest BCUT2D eigenvalue weighted by atomic mass is 10.1. The first-order valence-corrected chi connectivity index (χ1v) is 6.50. The van der Waals surface area contributed by atoms with Crippen LogP contribution in [0.2, 0.25) is 0 Å². The number of carbonyl (C=O) groups excluding carboxylic acids is 1. The van der Waals surface area contributed by atoms with Crippen molar-refractivity contribution in [3.05, 3.63) is 29.8 Å². The molecule has 0 aliphatic rings. The Kier molecular flexibility index (Phi) is 5.85. The molecule has 1 rings (SSSR count). The van der Waals surface area contributed by atoms with E-state index in [1.165, 1.54) is 0 Å². The Morgan fingerprint density at radius 1 is 1.35 bits per heavy atom. The molecule has 20 heavy (non-hydrogen) atoms. The van der Waals surface area contributed by atoms with Crippen LogP contribution in [0.3, 0.4) is 0 Å². The molecular weight excluding hydrogens is 269 g/mol. The molecule has 2 N–H and O–H groups in total. The molecule has 1 amide bonds. The van der Waals surface area contributed by atoms with Gasteiger partial charge in [0.25, 0.3) is 0 Å². The van der Waals surface area contributed by atoms with Crippen LogP contribution in [0.25, 0.3) is 0 Å². The molecule has 0 saturated carbocycles. The minimum Gasteiger partial charge on any atom is -0.399 e. The van der Waals surface area contributed by atoms with E-state index in [2.05, 4.69) is 0 Å². The number of alkyl halides is 3. The molecule has 1 aromatic rings. The van der Waals surface area contributed by atoms with Gasteiger partial charge in [-0.05, 0) is 24.1 Å². The summed E-state index contributed by atoms with van der Waals surface area (Å²) in [5, 5.41) is 0. The van der Waals surface area contributed by atoms with Crippen LogP contribution < -0.4 is 5.73 Å². The Balaban J connectivity index is 2.71. The zero-order valence-corrected chi connectivity index (χ0v) is 11.4. The van der Waals surface area contributed by atoms with Crippen LogP contribution in [-0.4, -0.2) is 30.1 Å². The van der Waals surface area contributed by atoms with Gasteiger partial charge in [0.15, 0.2) is 0 Å². The molecule has 0 saturated heterocycles. The lowest BCUT2D eigenvalue weighted by Gasteiger charge is -2.24. The number of rotatable bonds is 6. The first-order chi connectivity index (χ1) is 9.31. The van der Waals surface area contributed by atoms with Gasteiger partial charge in [0, 0.05) is 12.2 Å². The maximum atomic E-state index is 12.5. The highest BCUT2D eigenvalue weighted by atomic mass is 19.4. The third-order valence-electron chi connectivity index (χ3n) is 2.81. The largest absolute Gasteiger partial charge is 0.406 e. The van der Waals surface area contributed by atoms with E-state index in [1.807, 2.05) is 6.92 Å². The molecule has 0 heterocycles. The Bertz CT molecular complexity index is 446. The smallest absolute Gasteiger partial charge is 0.399 e. The van der Waals surface area contributed by atoms with Crippen LogP contribution in [-0.2, 0) is 11.2 Å². The van der Waals surface area contributed by atoms with Crippen molar-refractivity contribution in [2.24, 2.45) is 0 Å². The van der Waals surface area contributed by atoms with E-state index >= 15 is 0 Å². The predicted molar refractivity (Wildman–Crippen MR) is 72.1 cm³/mol. The standard InChI is InChI=1S/C14H19F3N2O/c1-2-3-7-19(10-14(15,16)17)13(20)9-11-5-4-6-12(18)8-11/h4-6,8H,2-3,7,9-10,18H2,1H3. The monoisotopic (exact) mass is 288 g/mol. The van der Waals surface area contributed by atoms with Crippen molar-refractivity contribution in [2.75, 3.05) is 18.8 Å². The lowest BCUT2D eigenvalue weighted by Crippen LogP contribution is -2.40. The van der Waals surface area contributed by atoms with Crippen LogP contribution in [0.1, 0.15) is 25.3 Å². The molecule has 0 radical (unpaired) electrons. The van der Waals surface area contributed by atoms with E-state index in [9.17, 15) is 18.0 Å². The molecule has 0 aliphatic carbocycles. The molecule has 0 aliphatic heterocycles. The minimum absolute atomic E-state index is 0.0646. The third-order valence-corrected chi connectivity index (χ3v) is 2.81. The quantitative estimate of drug-likeness (QED) is 0.818. The first kappa shape index (κ1) is 16.3. The Morgan fingerprint density at radius 3 is 2.60 bits per heavy atom. The van der Waals surface area contributed by atoms with Gasteiger partial charge in [0.2, 0.25) is 5.91 Å². The topological polar surface area (TPSA) is 46.3 Å². The second kappa shape index (κ2) is 7.17. The molecule has 112 valence electrons. The average Bonchev–Trinajstić information content (AvgIpc) is 2.33. The van der Waals surface area contributed by atoms with Gasteiger partial charge in [0.1, 0.15) is 6.54 Å². The second-order valence-electron chi connectivity index (χ2n) is 4.71. The molecule has 0 bridgehead atoms. The fourth-order valence-electron chi connectivity index (χ4n) is 1.85. The summed E-state index contributed by atoms with van der Waals surface area (Å²) in [4.78, 5) is 12.9. The minimum atomic E-state index is -4.38. The van der Waals surface area contributed by atoms with E-state index < -0.39 is 18.6 Å². The number of nitrogens with zero attached hydrogens (tertiary/aromatic N) is 1. The number of benzene rings is 1. The van der Waals surface area contributed by atoms with E-state index in [0.717, 1.165) is 11.3 Å². The number of nitrogens with two attached hydrogens (primary N) is 1. The van der Waals surface area contributed by atoms with Gasteiger partial charge in [-0.2, -0.15) is 13.2 Å². The average molecular weight is 288 g/mol. The van der Waals surface area contributed by atoms with Crippen molar-refractivity contribution in [3.8, 4) is 0 Å². The number of hydrogen-bond acceptors (Lipinski definition) is 2. The van der Waals surface area contributed by atoms with Crippen LogP contribution in [0.4, 0.5) is 18.9 Å². The number of anilines is 1. The summed E-state index contributed by atoms with van der Waals surface area (Å²) in [5.41, 5.74) is 6.70. The van der Waals surface area contributed by atoms with Gasteiger partial charge >= 0.3 is 6.18 Å². The van der Waals surface area contributed by atoms with Crippen molar-refractivity contribution < 1.29 is 18.0 Å². The number of halogens is 3. The number of hydrogen-bond donors (Lipinski definition) is 1. The SMILES string of the molecule is CCCCN(CC(F)(F)F)C(=O)Cc1cccc(N)c1. The van der Waals surface area contributed by atoms with Crippen molar-refractivity contribution in [3.63, 3.8) is 0 Å². The highest BCUT2D eigenvalue weighted by molar-refractivity contribution is 5.79. The van der Waals surface area contributed by atoms with Crippen LogP contribution in [0, 0.1) is 0 Å². The zero-order valence-electron chi connectivity index (χ0n) is 11.4. The molecule has 3 nitrogen and oxygen atoms in total. The van der Waals surface area contributed by atoms with Gasteiger partial charge in [-0.25, -0.2) is 0 Å². The molecule has 0 spiro atoms. The van der Waals surface area contributed by atoms with Crippen LogP contribution in [0.15, 0.2) is 24.3 Å². The highest BCUT2D eigenvalue weighted by Gasteiger charge is 2.32. The van der Waals surface area contributed by atoms with Gasteiger partial charge in [0.05, 0.1) is 6.42 Å². The van der Waals surface area contributed by atoms with Gasteiger partial charge < -0.3 is 10.6 Å². The number of carbonyl (C=O) groups is 1. The molecule has 0 aromatic heterocycles. The first-order valence-electron chi connectivity index (χ1n) is 6.50. The molecular formula is C14H19F3N2O. The summed E-state index contributed by atoms with van der Waals surface area (Å²) in [6.07, 6.45) is -3.15. The Morgan fingerprint density at radius 2 is 2.05 bits per heavy atom. The molecule has 0 unspecified atom stereocenters. The summed E-state index contributed by atoms with van der Waals surface area (Å²) >= 11 is 0. The molecule has 0 atom stereocenters. The Labute approximate surface area is 116 Å². The van der Waals surface area contributed by atoms with E-state index in [-0.39, 0.29) is 13.0 Å². The Hall–Kier alpha value is -1.72. The molecule has 6 heteroatoms. The van der Waals surface area contributed by atoms with E-state index in [1.54, 1.807) is 24.3 Å². The van der Waals surface area contributed by atoms with Crippen molar-refractivity contribution in [1.82, 2.24) is 4.90 Å². The summed E-state index contributed by atoms with van der Waals surface area (Å²) in [5.74, 6) is -0.527. The number of unbranched alkanes of at least 4 members (excludes halogenated alkanes) is 1. The summed E-state index contributed by atoms with van der Waals surface area (Å²) in [6.45, 7) is 0.791. The lowest BCUT2D eigenvalue weighted by molar-refractivity contribution is -0.160. The summed E-state index contributed by atoms with van der Waals surface area (Å²) < 4.78 is 37.4. The predicted octanol–water partition coefficient (Wildman–Crippen LogP) is 3.00. The van der Waals surface area contributed by atoms with Crippen LogP contribution >= 0.6 is 0 Å².